The van der Waals surface area contributed by atoms with Crippen LogP contribution in [0.5, 0.6) is 5.75 Å². The summed E-state index contributed by atoms with van der Waals surface area (Å²) in [5.41, 5.74) is 5.33. The summed E-state index contributed by atoms with van der Waals surface area (Å²) < 4.78 is 11.1. The Kier molecular flexibility index (Phi) is 7.49. The lowest BCUT2D eigenvalue weighted by atomic mass is 9.96. The van der Waals surface area contributed by atoms with Gasteiger partial charge in [-0.1, -0.05) is 29.8 Å². The summed E-state index contributed by atoms with van der Waals surface area (Å²) in [7, 11) is 0. The predicted octanol–water partition coefficient (Wildman–Crippen LogP) is 3.83. The van der Waals surface area contributed by atoms with Gasteiger partial charge in [0.05, 0.1) is 5.92 Å². The molecule has 0 bridgehead atoms. The number of carbonyl (C=O) groups is 3. The first-order chi connectivity index (χ1) is 16.5. The van der Waals surface area contributed by atoms with E-state index in [-0.39, 0.29) is 30.7 Å². The molecule has 0 aliphatic carbocycles. The average molecular weight is 482 g/mol. The molecule has 1 unspecified atom stereocenters. The highest BCUT2D eigenvalue weighted by Crippen LogP contribution is 2.20. The second-order valence-electron chi connectivity index (χ2n) is 7.91. The Balaban J connectivity index is 1.26. The molecule has 0 saturated carbocycles. The summed E-state index contributed by atoms with van der Waals surface area (Å²) >= 11 is 5.89. The van der Waals surface area contributed by atoms with Gasteiger partial charge < -0.3 is 14.1 Å². The first-order valence-electron chi connectivity index (χ1n) is 10.9. The fourth-order valence-corrected chi connectivity index (χ4v) is 3.81. The zero-order chi connectivity index (χ0) is 23.9. The first kappa shape index (κ1) is 23.4. The van der Waals surface area contributed by atoms with Gasteiger partial charge in [0.25, 0.3) is 5.91 Å². The number of furan rings is 1. The molecule has 1 aliphatic rings. The van der Waals surface area contributed by atoms with Crippen molar-refractivity contribution in [3.05, 3.63) is 88.8 Å². The van der Waals surface area contributed by atoms with E-state index in [1.54, 1.807) is 35.2 Å². The van der Waals surface area contributed by atoms with Gasteiger partial charge in [-0.3, -0.25) is 25.2 Å². The van der Waals surface area contributed by atoms with Crippen molar-refractivity contribution in [3.63, 3.8) is 0 Å². The number of para-hydroxylation sites is 1. The SMILES string of the molecule is O=C(NNC(=O)C1CCCN(C(=O)c2ccc(Cl)cc2)C1)c1ccc(COc2ccccc2)o1. The maximum Gasteiger partial charge on any atom is 0.305 e. The van der Waals surface area contributed by atoms with Gasteiger partial charge in [-0.25, -0.2) is 0 Å². The van der Waals surface area contributed by atoms with Gasteiger partial charge in [0.2, 0.25) is 5.91 Å². The van der Waals surface area contributed by atoms with Crippen LogP contribution in [0.3, 0.4) is 0 Å². The van der Waals surface area contributed by atoms with E-state index in [0.29, 0.717) is 41.5 Å². The Labute approximate surface area is 201 Å². The summed E-state index contributed by atoms with van der Waals surface area (Å²) in [4.78, 5) is 39.4. The minimum Gasteiger partial charge on any atom is -0.486 e. The number of ether oxygens (including phenoxy) is 1. The smallest absolute Gasteiger partial charge is 0.305 e. The van der Waals surface area contributed by atoms with Crippen LogP contribution in [0.25, 0.3) is 0 Å². The van der Waals surface area contributed by atoms with Crippen LogP contribution in [0.1, 0.15) is 39.5 Å². The zero-order valence-corrected chi connectivity index (χ0v) is 19.1. The second kappa shape index (κ2) is 10.9. The molecular formula is C25H24ClN3O5. The molecule has 176 valence electrons. The summed E-state index contributed by atoms with van der Waals surface area (Å²) in [5.74, 6) is -0.312. The van der Waals surface area contributed by atoms with Gasteiger partial charge in [-0.15, -0.1) is 0 Å². The van der Waals surface area contributed by atoms with Crippen LogP contribution in [-0.2, 0) is 11.4 Å². The molecule has 9 heteroatoms. The van der Waals surface area contributed by atoms with Crippen LogP contribution in [0.4, 0.5) is 0 Å². The fourth-order valence-electron chi connectivity index (χ4n) is 3.68. The van der Waals surface area contributed by atoms with E-state index in [1.165, 1.54) is 6.07 Å². The molecule has 4 rings (SSSR count). The second-order valence-corrected chi connectivity index (χ2v) is 8.34. The van der Waals surface area contributed by atoms with Gasteiger partial charge in [0.1, 0.15) is 18.1 Å². The largest absolute Gasteiger partial charge is 0.486 e. The molecule has 0 spiro atoms. The molecule has 0 radical (unpaired) electrons. The molecular weight excluding hydrogens is 458 g/mol. The Morgan fingerprint density at radius 3 is 2.53 bits per heavy atom. The average Bonchev–Trinajstić information content (AvgIpc) is 3.36. The third kappa shape index (κ3) is 5.96. The number of likely N-dealkylation sites (tertiary alicyclic amines) is 1. The highest BCUT2D eigenvalue weighted by molar-refractivity contribution is 6.30. The molecule has 8 nitrogen and oxygen atoms in total. The van der Waals surface area contributed by atoms with Crippen molar-refractivity contribution in [2.75, 3.05) is 13.1 Å². The highest BCUT2D eigenvalue weighted by atomic mass is 35.5. The number of hydrogen-bond donors (Lipinski definition) is 2. The lowest BCUT2D eigenvalue weighted by molar-refractivity contribution is -0.127. The first-order valence-corrected chi connectivity index (χ1v) is 11.3. The maximum atomic E-state index is 12.7. The van der Waals surface area contributed by atoms with Crippen molar-refractivity contribution in [3.8, 4) is 5.75 Å². The number of amides is 3. The third-order valence-corrected chi connectivity index (χ3v) is 5.73. The standard InChI is InChI=1S/C25H24ClN3O5/c26-19-10-8-17(9-11-19)25(32)29-14-4-5-18(15-29)23(30)27-28-24(31)22-13-12-21(34-22)16-33-20-6-2-1-3-7-20/h1-3,6-13,18H,4-5,14-16H2,(H,27,30)(H,28,31). The van der Waals surface area contributed by atoms with Gasteiger partial charge in [0, 0.05) is 23.7 Å². The van der Waals surface area contributed by atoms with Crippen molar-refractivity contribution < 1.29 is 23.5 Å². The topological polar surface area (TPSA) is 101 Å². The van der Waals surface area contributed by atoms with E-state index >= 15 is 0 Å². The summed E-state index contributed by atoms with van der Waals surface area (Å²) in [6.07, 6.45) is 1.31. The van der Waals surface area contributed by atoms with Crippen LogP contribution < -0.4 is 15.6 Å². The maximum absolute atomic E-state index is 12.7. The monoisotopic (exact) mass is 481 g/mol. The molecule has 1 fully saturated rings. The van der Waals surface area contributed by atoms with Gasteiger partial charge in [0.15, 0.2) is 5.76 Å². The molecule has 1 saturated heterocycles. The summed E-state index contributed by atoms with van der Waals surface area (Å²) in [6.45, 7) is 1.01. The molecule has 3 amide bonds. The number of nitrogens with one attached hydrogen (secondary N) is 2. The zero-order valence-electron chi connectivity index (χ0n) is 18.3. The molecule has 1 aromatic heterocycles. The Hall–Kier alpha value is -3.78. The van der Waals surface area contributed by atoms with E-state index < -0.39 is 11.8 Å². The molecule has 3 aromatic rings. The minimum absolute atomic E-state index is 0.0511. The molecule has 2 heterocycles. The minimum atomic E-state index is -0.579. The number of benzene rings is 2. The number of nitrogens with zero attached hydrogens (tertiary/aromatic N) is 1. The van der Waals surface area contributed by atoms with Gasteiger partial charge in [-0.05, 0) is 61.4 Å². The summed E-state index contributed by atoms with van der Waals surface area (Å²) in [6, 6.07) is 19.0. The van der Waals surface area contributed by atoms with E-state index in [0.717, 1.165) is 0 Å². The number of piperidine rings is 1. The van der Waals surface area contributed by atoms with Crippen molar-refractivity contribution in [1.82, 2.24) is 15.8 Å². The van der Waals surface area contributed by atoms with Crippen molar-refractivity contribution in [1.29, 1.82) is 0 Å². The highest BCUT2D eigenvalue weighted by Gasteiger charge is 2.29. The van der Waals surface area contributed by atoms with Crippen molar-refractivity contribution in [2.24, 2.45) is 5.92 Å². The number of halogens is 1. The summed E-state index contributed by atoms with van der Waals surface area (Å²) in [5, 5.41) is 0.551. The van der Waals surface area contributed by atoms with E-state index in [9.17, 15) is 14.4 Å². The van der Waals surface area contributed by atoms with Crippen LogP contribution >= 0.6 is 11.6 Å². The van der Waals surface area contributed by atoms with Crippen LogP contribution in [-0.4, -0.2) is 35.7 Å². The third-order valence-electron chi connectivity index (χ3n) is 5.48. The molecule has 1 aliphatic heterocycles. The molecule has 1 atom stereocenters. The Bertz CT molecular complexity index is 1150. The number of carbonyl (C=O) groups excluding carboxylic acids is 3. The van der Waals surface area contributed by atoms with Crippen LogP contribution in [0, 0.1) is 5.92 Å². The molecule has 2 aromatic carbocycles. The number of hydrazine groups is 1. The molecule has 2 N–H and O–H groups in total. The van der Waals surface area contributed by atoms with Crippen LogP contribution in [0.15, 0.2) is 71.1 Å². The predicted molar refractivity (Wildman–Crippen MR) is 125 cm³/mol. The normalized spacial score (nSPS) is 15.4. The lowest BCUT2D eigenvalue weighted by Gasteiger charge is -2.32. The quantitative estimate of drug-likeness (QED) is 0.521. The fraction of sp³-hybridized carbons (Fsp3) is 0.240. The Morgan fingerprint density at radius 1 is 1.00 bits per heavy atom. The number of hydrogen-bond acceptors (Lipinski definition) is 5. The van der Waals surface area contributed by atoms with Crippen molar-refractivity contribution in [2.45, 2.75) is 19.4 Å². The molecule has 34 heavy (non-hydrogen) atoms. The van der Waals surface area contributed by atoms with Gasteiger partial charge in [-0.2, -0.15) is 0 Å². The van der Waals surface area contributed by atoms with E-state index in [1.807, 2.05) is 30.3 Å². The Morgan fingerprint density at radius 2 is 1.76 bits per heavy atom. The lowest BCUT2D eigenvalue weighted by Crippen LogP contribution is -2.50. The van der Waals surface area contributed by atoms with E-state index in [2.05, 4.69) is 10.9 Å². The van der Waals surface area contributed by atoms with E-state index in [4.69, 9.17) is 20.8 Å². The van der Waals surface area contributed by atoms with Crippen molar-refractivity contribution >= 4 is 29.3 Å². The van der Waals surface area contributed by atoms with Gasteiger partial charge >= 0.3 is 5.91 Å². The van der Waals surface area contributed by atoms with Crippen LogP contribution in [0.2, 0.25) is 5.02 Å². The number of rotatable bonds is 6.